The van der Waals surface area contributed by atoms with E-state index in [0.717, 1.165) is 0 Å². The van der Waals surface area contributed by atoms with Crippen LogP contribution in [-0.2, 0) is 9.53 Å². The molecule has 158 valence electrons. The lowest BCUT2D eigenvalue weighted by Crippen LogP contribution is -2.29. The van der Waals surface area contributed by atoms with Crippen LogP contribution in [-0.4, -0.2) is 44.1 Å². The van der Waals surface area contributed by atoms with Gasteiger partial charge in [0.1, 0.15) is 13.2 Å². The van der Waals surface area contributed by atoms with E-state index in [-0.39, 0.29) is 11.5 Å². The molecule has 8 nitrogen and oxygen atoms in total. The third kappa shape index (κ3) is 5.50. The van der Waals surface area contributed by atoms with Crippen molar-refractivity contribution in [3.8, 4) is 11.5 Å². The number of nitrogens with one attached hydrogen (secondary N) is 2. The standard InChI is InChI=1S/C22H24N2O6/c1-14(2)12-23-21(26)16-5-3-4-6-17(16)24-20(25)13-30-22(27)15-7-8-18-19(11-15)29-10-9-28-18/h3-8,11,14H,9-10,12-13H2,1-2H3,(H,23,26)(H,24,25). The zero-order valence-corrected chi connectivity index (χ0v) is 16.9. The number of hydrogen-bond acceptors (Lipinski definition) is 6. The first-order valence-electron chi connectivity index (χ1n) is 9.68. The van der Waals surface area contributed by atoms with E-state index in [1.54, 1.807) is 36.4 Å². The van der Waals surface area contributed by atoms with E-state index < -0.39 is 18.5 Å². The maximum Gasteiger partial charge on any atom is 0.338 e. The molecule has 0 saturated carbocycles. The molecule has 0 radical (unpaired) electrons. The molecule has 0 aliphatic carbocycles. The fourth-order valence-electron chi connectivity index (χ4n) is 2.75. The predicted molar refractivity (Wildman–Crippen MR) is 110 cm³/mol. The minimum Gasteiger partial charge on any atom is -0.486 e. The van der Waals surface area contributed by atoms with Crippen molar-refractivity contribution in [1.82, 2.24) is 5.32 Å². The van der Waals surface area contributed by atoms with Gasteiger partial charge in [-0.2, -0.15) is 0 Å². The Morgan fingerprint density at radius 3 is 2.53 bits per heavy atom. The van der Waals surface area contributed by atoms with Gasteiger partial charge in [0, 0.05) is 6.54 Å². The van der Waals surface area contributed by atoms with E-state index >= 15 is 0 Å². The number of para-hydroxylation sites is 1. The van der Waals surface area contributed by atoms with Gasteiger partial charge in [0.05, 0.1) is 16.8 Å². The summed E-state index contributed by atoms with van der Waals surface area (Å²) in [5, 5.41) is 5.43. The third-order valence-electron chi connectivity index (χ3n) is 4.23. The normalized spacial score (nSPS) is 12.2. The Hall–Kier alpha value is -3.55. The number of carbonyl (C=O) groups excluding carboxylic acids is 3. The van der Waals surface area contributed by atoms with Crippen molar-refractivity contribution >= 4 is 23.5 Å². The van der Waals surface area contributed by atoms with Crippen molar-refractivity contribution in [2.75, 3.05) is 31.7 Å². The number of ether oxygens (including phenoxy) is 3. The molecule has 0 atom stereocenters. The van der Waals surface area contributed by atoms with Crippen LogP contribution in [0, 0.1) is 5.92 Å². The number of esters is 1. The van der Waals surface area contributed by atoms with Gasteiger partial charge in [-0.3, -0.25) is 9.59 Å². The lowest BCUT2D eigenvalue weighted by atomic mass is 10.1. The minimum atomic E-state index is -0.662. The summed E-state index contributed by atoms with van der Waals surface area (Å²) in [6.45, 7) is 4.86. The lowest BCUT2D eigenvalue weighted by molar-refractivity contribution is -0.119. The van der Waals surface area contributed by atoms with Gasteiger partial charge in [-0.15, -0.1) is 0 Å². The van der Waals surface area contributed by atoms with Crippen LogP contribution in [0.5, 0.6) is 11.5 Å². The van der Waals surface area contributed by atoms with Crippen molar-refractivity contribution in [3.63, 3.8) is 0 Å². The second-order valence-corrected chi connectivity index (χ2v) is 7.13. The van der Waals surface area contributed by atoms with Crippen LogP contribution in [0.4, 0.5) is 5.69 Å². The average Bonchev–Trinajstić information content (AvgIpc) is 2.75. The molecule has 2 aromatic carbocycles. The van der Waals surface area contributed by atoms with Crippen LogP contribution in [0.3, 0.4) is 0 Å². The number of carbonyl (C=O) groups is 3. The Morgan fingerprint density at radius 2 is 1.77 bits per heavy atom. The second kappa shape index (κ2) is 9.78. The zero-order chi connectivity index (χ0) is 21.5. The van der Waals surface area contributed by atoms with Crippen LogP contribution in [0.15, 0.2) is 42.5 Å². The van der Waals surface area contributed by atoms with Gasteiger partial charge >= 0.3 is 5.97 Å². The molecule has 2 N–H and O–H groups in total. The molecule has 0 unspecified atom stereocenters. The summed E-state index contributed by atoms with van der Waals surface area (Å²) in [7, 11) is 0. The summed E-state index contributed by atoms with van der Waals surface area (Å²) in [6.07, 6.45) is 0. The molecular weight excluding hydrogens is 388 g/mol. The smallest absolute Gasteiger partial charge is 0.338 e. The lowest BCUT2D eigenvalue weighted by Gasteiger charge is -2.18. The van der Waals surface area contributed by atoms with E-state index in [1.165, 1.54) is 6.07 Å². The molecule has 0 bridgehead atoms. The van der Waals surface area contributed by atoms with E-state index in [0.29, 0.717) is 48.4 Å². The van der Waals surface area contributed by atoms with Gasteiger partial charge in [0.25, 0.3) is 11.8 Å². The molecule has 2 amide bonds. The van der Waals surface area contributed by atoms with E-state index in [1.807, 2.05) is 13.8 Å². The van der Waals surface area contributed by atoms with Gasteiger partial charge in [-0.25, -0.2) is 4.79 Å². The topological polar surface area (TPSA) is 103 Å². The highest BCUT2D eigenvalue weighted by Gasteiger charge is 2.18. The molecule has 2 aromatic rings. The van der Waals surface area contributed by atoms with Crippen LogP contribution in [0.25, 0.3) is 0 Å². The van der Waals surface area contributed by atoms with E-state index in [4.69, 9.17) is 14.2 Å². The van der Waals surface area contributed by atoms with Crippen molar-refractivity contribution < 1.29 is 28.6 Å². The summed E-state index contributed by atoms with van der Waals surface area (Å²) in [5.41, 5.74) is 0.935. The average molecular weight is 412 g/mol. The molecule has 8 heteroatoms. The molecule has 0 aromatic heterocycles. The molecular formula is C22H24N2O6. The van der Waals surface area contributed by atoms with Gasteiger partial charge in [0.15, 0.2) is 18.1 Å². The first-order chi connectivity index (χ1) is 14.4. The molecule has 1 heterocycles. The number of hydrogen-bond donors (Lipinski definition) is 2. The predicted octanol–water partition coefficient (Wildman–Crippen LogP) is 2.64. The van der Waals surface area contributed by atoms with Crippen molar-refractivity contribution in [1.29, 1.82) is 0 Å². The number of anilines is 1. The van der Waals surface area contributed by atoms with Crippen molar-refractivity contribution in [2.24, 2.45) is 5.92 Å². The minimum absolute atomic E-state index is 0.250. The number of benzene rings is 2. The summed E-state index contributed by atoms with van der Waals surface area (Å²) < 4.78 is 15.9. The molecule has 0 fully saturated rings. The SMILES string of the molecule is CC(C)CNC(=O)c1ccccc1NC(=O)COC(=O)c1ccc2c(c1)OCCO2. The Bertz CT molecular complexity index is 941. The van der Waals surface area contributed by atoms with Crippen LogP contribution in [0.1, 0.15) is 34.6 Å². The fraction of sp³-hybridized carbons (Fsp3) is 0.318. The Balaban J connectivity index is 1.57. The maximum atomic E-state index is 12.4. The first kappa shape index (κ1) is 21.2. The third-order valence-corrected chi connectivity index (χ3v) is 4.23. The summed E-state index contributed by atoms with van der Waals surface area (Å²) in [4.78, 5) is 36.9. The largest absolute Gasteiger partial charge is 0.486 e. The fourth-order valence-corrected chi connectivity index (χ4v) is 2.75. The van der Waals surface area contributed by atoms with Crippen molar-refractivity contribution in [2.45, 2.75) is 13.8 Å². The molecule has 1 aliphatic rings. The highest BCUT2D eigenvalue weighted by molar-refractivity contribution is 6.04. The Kier molecular flexibility index (Phi) is 6.90. The van der Waals surface area contributed by atoms with Crippen LogP contribution >= 0.6 is 0 Å². The van der Waals surface area contributed by atoms with Crippen LogP contribution < -0.4 is 20.1 Å². The molecule has 1 aliphatic heterocycles. The molecule has 0 spiro atoms. The maximum absolute atomic E-state index is 12.4. The number of rotatable bonds is 7. The molecule has 30 heavy (non-hydrogen) atoms. The highest BCUT2D eigenvalue weighted by Crippen LogP contribution is 2.30. The van der Waals surface area contributed by atoms with E-state index in [2.05, 4.69) is 10.6 Å². The van der Waals surface area contributed by atoms with Crippen molar-refractivity contribution in [3.05, 3.63) is 53.6 Å². The summed E-state index contributed by atoms with van der Waals surface area (Å²) in [6, 6.07) is 11.3. The van der Waals surface area contributed by atoms with E-state index in [9.17, 15) is 14.4 Å². The second-order valence-electron chi connectivity index (χ2n) is 7.13. The highest BCUT2D eigenvalue weighted by atomic mass is 16.6. The van der Waals surface area contributed by atoms with Gasteiger partial charge in [-0.05, 0) is 36.2 Å². The Morgan fingerprint density at radius 1 is 1.03 bits per heavy atom. The van der Waals surface area contributed by atoms with Gasteiger partial charge in [0.2, 0.25) is 0 Å². The zero-order valence-electron chi connectivity index (χ0n) is 16.9. The molecule has 0 saturated heterocycles. The monoisotopic (exact) mass is 412 g/mol. The summed E-state index contributed by atoms with van der Waals surface area (Å²) in [5.74, 6) is -0.178. The number of fused-ring (bicyclic) bond motifs is 1. The number of amides is 2. The summed E-state index contributed by atoms with van der Waals surface area (Å²) >= 11 is 0. The quantitative estimate of drug-likeness (QED) is 0.678. The van der Waals surface area contributed by atoms with Crippen LogP contribution in [0.2, 0.25) is 0 Å². The van der Waals surface area contributed by atoms with Gasteiger partial charge < -0.3 is 24.8 Å². The first-order valence-corrected chi connectivity index (χ1v) is 9.68. The Labute approximate surface area is 174 Å². The van der Waals surface area contributed by atoms with Gasteiger partial charge in [-0.1, -0.05) is 26.0 Å². The molecule has 3 rings (SSSR count).